The molecule has 1 nitrogen and oxygen atoms in total. The third kappa shape index (κ3) is 2.95. The van der Waals surface area contributed by atoms with Gasteiger partial charge < -0.3 is 5.32 Å². The van der Waals surface area contributed by atoms with E-state index in [4.69, 9.17) is 0 Å². The fourth-order valence-corrected chi connectivity index (χ4v) is 2.35. The molecule has 14 heavy (non-hydrogen) atoms. The van der Waals surface area contributed by atoms with Crippen LogP contribution in [0.4, 0.5) is 0 Å². The van der Waals surface area contributed by atoms with Crippen LogP contribution >= 0.6 is 22.6 Å². The van der Waals surface area contributed by atoms with Crippen LogP contribution in [0.15, 0.2) is 24.3 Å². The van der Waals surface area contributed by atoms with Crippen molar-refractivity contribution in [2.24, 2.45) is 0 Å². The number of rotatable bonds is 3. The largest absolute Gasteiger partial charge is 0.314 e. The lowest BCUT2D eigenvalue weighted by atomic mass is 10.0. The van der Waals surface area contributed by atoms with Crippen molar-refractivity contribution in [1.82, 2.24) is 5.32 Å². The van der Waals surface area contributed by atoms with Crippen LogP contribution in [0.2, 0.25) is 0 Å². The van der Waals surface area contributed by atoms with Crippen molar-refractivity contribution in [1.29, 1.82) is 0 Å². The Labute approximate surface area is 99.4 Å². The third-order valence-electron chi connectivity index (χ3n) is 2.86. The second-order valence-electron chi connectivity index (χ2n) is 3.96. The molecule has 0 aliphatic carbocycles. The molecule has 1 saturated heterocycles. The first-order valence-corrected chi connectivity index (χ1v) is 6.40. The molecule has 1 heterocycles. The molecule has 2 heteroatoms. The first-order chi connectivity index (χ1) is 6.84. The quantitative estimate of drug-likeness (QED) is 0.846. The molecule has 1 unspecified atom stereocenters. The smallest absolute Gasteiger partial charge is 0.0130 e. The van der Waals surface area contributed by atoms with Crippen LogP contribution in [-0.2, 0) is 6.42 Å². The zero-order valence-corrected chi connectivity index (χ0v) is 10.5. The van der Waals surface area contributed by atoms with Gasteiger partial charge in [0.1, 0.15) is 0 Å². The van der Waals surface area contributed by atoms with Gasteiger partial charge in [0.2, 0.25) is 0 Å². The summed E-state index contributed by atoms with van der Waals surface area (Å²) in [5.41, 5.74) is 1.47. The highest BCUT2D eigenvalue weighted by atomic mass is 127. The van der Waals surface area contributed by atoms with Gasteiger partial charge in [0, 0.05) is 9.61 Å². The van der Waals surface area contributed by atoms with Crippen LogP contribution in [0, 0.1) is 3.57 Å². The van der Waals surface area contributed by atoms with E-state index in [1.807, 2.05) is 0 Å². The summed E-state index contributed by atoms with van der Waals surface area (Å²) in [4.78, 5) is 0. The number of hydrogen-bond donors (Lipinski definition) is 1. The zero-order chi connectivity index (χ0) is 9.80. The van der Waals surface area contributed by atoms with Crippen LogP contribution in [-0.4, -0.2) is 12.6 Å². The summed E-state index contributed by atoms with van der Waals surface area (Å²) in [5.74, 6) is 0. The van der Waals surface area contributed by atoms with Gasteiger partial charge in [-0.1, -0.05) is 12.1 Å². The Bertz CT molecular complexity index is 275. The molecule has 1 fully saturated rings. The monoisotopic (exact) mass is 301 g/mol. The molecule has 0 radical (unpaired) electrons. The maximum absolute atomic E-state index is 3.54. The Kier molecular flexibility index (Phi) is 3.81. The third-order valence-corrected chi connectivity index (χ3v) is 3.58. The summed E-state index contributed by atoms with van der Waals surface area (Å²) in [6, 6.07) is 9.65. The zero-order valence-electron chi connectivity index (χ0n) is 8.30. The Morgan fingerprint density at radius 1 is 1.29 bits per heavy atom. The van der Waals surface area contributed by atoms with Gasteiger partial charge in [0.15, 0.2) is 0 Å². The predicted molar refractivity (Wildman–Crippen MR) is 68.5 cm³/mol. The number of hydrogen-bond acceptors (Lipinski definition) is 1. The van der Waals surface area contributed by atoms with E-state index < -0.39 is 0 Å². The molecule has 1 aliphatic heterocycles. The average molecular weight is 301 g/mol. The van der Waals surface area contributed by atoms with Crippen LogP contribution in [0.5, 0.6) is 0 Å². The van der Waals surface area contributed by atoms with E-state index >= 15 is 0 Å². The number of nitrogens with one attached hydrogen (secondary N) is 1. The summed E-state index contributed by atoms with van der Waals surface area (Å²) < 4.78 is 1.32. The normalized spacial score (nSPS) is 21.4. The molecule has 1 atom stereocenters. The van der Waals surface area contributed by atoms with E-state index in [9.17, 15) is 0 Å². The van der Waals surface area contributed by atoms with Gasteiger partial charge in [-0.25, -0.2) is 0 Å². The van der Waals surface area contributed by atoms with Crippen molar-refractivity contribution in [2.45, 2.75) is 31.7 Å². The summed E-state index contributed by atoms with van der Waals surface area (Å²) in [6.45, 7) is 1.22. The summed E-state index contributed by atoms with van der Waals surface area (Å²) in [7, 11) is 0. The van der Waals surface area contributed by atoms with Gasteiger partial charge in [-0.3, -0.25) is 0 Å². The van der Waals surface area contributed by atoms with Crippen molar-refractivity contribution in [2.75, 3.05) is 6.54 Å². The maximum Gasteiger partial charge on any atom is 0.0130 e. The molecule has 1 aromatic carbocycles. The van der Waals surface area contributed by atoms with Crippen molar-refractivity contribution in [3.63, 3.8) is 0 Å². The average Bonchev–Trinajstić information content (AvgIpc) is 2.70. The Hall–Kier alpha value is -0.0900. The fraction of sp³-hybridized carbons (Fsp3) is 0.500. The topological polar surface area (TPSA) is 12.0 Å². The molecule has 0 saturated carbocycles. The minimum atomic E-state index is 0.772. The Morgan fingerprint density at radius 3 is 2.71 bits per heavy atom. The Morgan fingerprint density at radius 2 is 2.07 bits per heavy atom. The molecule has 0 bridgehead atoms. The molecule has 2 rings (SSSR count). The van der Waals surface area contributed by atoms with E-state index in [2.05, 4.69) is 52.2 Å². The lowest BCUT2D eigenvalue weighted by Gasteiger charge is -2.09. The number of benzene rings is 1. The van der Waals surface area contributed by atoms with Crippen LogP contribution in [0.3, 0.4) is 0 Å². The molecule has 76 valence electrons. The molecule has 1 aromatic rings. The SMILES string of the molecule is Ic1ccc(CCC2CCCN2)cc1. The van der Waals surface area contributed by atoms with Gasteiger partial charge >= 0.3 is 0 Å². The minimum Gasteiger partial charge on any atom is -0.314 e. The lowest BCUT2D eigenvalue weighted by Crippen LogP contribution is -2.21. The highest BCUT2D eigenvalue weighted by Crippen LogP contribution is 2.13. The van der Waals surface area contributed by atoms with Crippen LogP contribution in [0.25, 0.3) is 0 Å². The van der Waals surface area contributed by atoms with Crippen LogP contribution < -0.4 is 5.32 Å². The second kappa shape index (κ2) is 5.12. The molecular weight excluding hydrogens is 285 g/mol. The van der Waals surface area contributed by atoms with Crippen molar-refractivity contribution in [3.8, 4) is 0 Å². The number of aryl methyl sites for hydroxylation is 1. The second-order valence-corrected chi connectivity index (χ2v) is 5.20. The predicted octanol–water partition coefficient (Wildman–Crippen LogP) is 2.98. The van der Waals surface area contributed by atoms with E-state index in [1.165, 1.54) is 41.4 Å². The molecule has 1 aliphatic rings. The summed E-state index contributed by atoms with van der Waals surface area (Å²) in [6.07, 6.45) is 5.23. The van der Waals surface area contributed by atoms with Gasteiger partial charge in [-0.2, -0.15) is 0 Å². The summed E-state index contributed by atoms with van der Waals surface area (Å²) in [5, 5.41) is 3.54. The highest BCUT2D eigenvalue weighted by molar-refractivity contribution is 14.1. The molecule has 0 spiro atoms. The van der Waals surface area contributed by atoms with E-state index in [1.54, 1.807) is 0 Å². The standard InChI is InChI=1S/C12H16IN/c13-11-6-3-10(4-7-11)5-8-12-2-1-9-14-12/h3-4,6-7,12,14H,1-2,5,8-9H2. The van der Waals surface area contributed by atoms with E-state index in [0.29, 0.717) is 0 Å². The first-order valence-electron chi connectivity index (χ1n) is 5.32. The minimum absolute atomic E-state index is 0.772. The van der Waals surface area contributed by atoms with E-state index in [0.717, 1.165) is 6.04 Å². The van der Waals surface area contributed by atoms with Crippen LogP contribution in [0.1, 0.15) is 24.8 Å². The van der Waals surface area contributed by atoms with Crippen molar-refractivity contribution < 1.29 is 0 Å². The van der Waals surface area contributed by atoms with E-state index in [-0.39, 0.29) is 0 Å². The van der Waals surface area contributed by atoms with Gasteiger partial charge in [0.25, 0.3) is 0 Å². The molecule has 1 N–H and O–H groups in total. The number of halogens is 1. The van der Waals surface area contributed by atoms with Gasteiger partial charge in [0.05, 0.1) is 0 Å². The van der Waals surface area contributed by atoms with Gasteiger partial charge in [-0.05, 0) is 72.5 Å². The molecule has 0 aromatic heterocycles. The molecule has 0 amide bonds. The maximum atomic E-state index is 3.54. The van der Waals surface area contributed by atoms with Gasteiger partial charge in [-0.15, -0.1) is 0 Å². The van der Waals surface area contributed by atoms with Crippen molar-refractivity contribution >= 4 is 22.6 Å². The first kappa shape index (κ1) is 10.4. The fourth-order valence-electron chi connectivity index (χ4n) is 2.00. The summed E-state index contributed by atoms with van der Waals surface area (Å²) >= 11 is 2.35. The van der Waals surface area contributed by atoms with Crippen molar-refractivity contribution in [3.05, 3.63) is 33.4 Å². The lowest BCUT2D eigenvalue weighted by molar-refractivity contribution is 0.559. The Balaban J connectivity index is 1.82. The highest BCUT2D eigenvalue weighted by Gasteiger charge is 2.12. The molecular formula is C12H16IN.